The number of alkyl halides is 3. The highest BCUT2D eigenvalue weighted by atomic mass is 19.4. The van der Waals surface area contributed by atoms with E-state index in [2.05, 4.69) is 0 Å². The summed E-state index contributed by atoms with van der Waals surface area (Å²) in [6, 6.07) is 15.5. The molecule has 1 N–H and O–H groups in total. The monoisotopic (exact) mass is 407 g/mol. The molecule has 0 saturated carbocycles. The van der Waals surface area contributed by atoms with Crippen LogP contribution < -0.4 is 4.74 Å². The highest BCUT2D eigenvalue weighted by Gasteiger charge is 2.41. The third-order valence-corrected chi connectivity index (χ3v) is 5.03. The van der Waals surface area contributed by atoms with Gasteiger partial charge in [-0.25, -0.2) is 0 Å². The van der Waals surface area contributed by atoms with Crippen LogP contribution in [0.15, 0.2) is 54.6 Å². The molecule has 0 bridgehead atoms. The highest BCUT2D eigenvalue weighted by molar-refractivity contribution is 6.08. The lowest BCUT2D eigenvalue weighted by molar-refractivity contribution is -0.187. The Morgan fingerprint density at radius 2 is 1.76 bits per heavy atom. The molecule has 156 valence electrons. The Balaban J connectivity index is 1.48. The molecule has 0 aliphatic carbocycles. The fraction of sp³-hybridized carbons (Fsp3) is 0.409. The number of nitrogens with zero attached hydrogens (tertiary/aromatic N) is 1. The predicted molar refractivity (Wildman–Crippen MR) is 103 cm³/mol. The Labute approximate surface area is 167 Å². The molecule has 4 nitrogen and oxygen atoms in total. The SMILES string of the molecule is O=C(c1ccccc1)c1ccc(OCC(O)CN2CCCC(C(F)(F)F)C2)cc1. The van der Waals surface area contributed by atoms with Crippen LogP contribution in [0.4, 0.5) is 13.2 Å². The summed E-state index contributed by atoms with van der Waals surface area (Å²) in [5.41, 5.74) is 1.12. The number of rotatable bonds is 7. The van der Waals surface area contributed by atoms with Gasteiger partial charge in [-0.2, -0.15) is 13.2 Å². The number of carbonyl (C=O) groups excluding carboxylic acids is 1. The normalized spacial score (nSPS) is 19.0. The number of ether oxygens (including phenoxy) is 1. The molecule has 0 spiro atoms. The van der Waals surface area contributed by atoms with E-state index in [0.29, 0.717) is 29.8 Å². The molecule has 29 heavy (non-hydrogen) atoms. The van der Waals surface area contributed by atoms with E-state index in [1.807, 2.05) is 6.07 Å². The lowest BCUT2D eigenvalue weighted by atomic mass is 9.97. The van der Waals surface area contributed by atoms with Gasteiger partial charge in [0.1, 0.15) is 18.5 Å². The number of β-amino-alcohol motifs (C(OH)–C–C–N with tert-alkyl or cyclic N) is 1. The van der Waals surface area contributed by atoms with Crippen LogP contribution in [0.5, 0.6) is 5.75 Å². The quantitative estimate of drug-likeness (QED) is 0.707. The van der Waals surface area contributed by atoms with Crippen molar-refractivity contribution in [2.75, 3.05) is 26.2 Å². The Morgan fingerprint density at radius 1 is 1.10 bits per heavy atom. The number of hydrogen-bond donors (Lipinski definition) is 1. The zero-order valence-electron chi connectivity index (χ0n) is 15.9. The highest BCUT2D eigenvalue weighted by Crippen LogP contribution is 2.33. The van der Waals surface area contributed by atoms with Crippen molar-refractivity contribution >= 4 is 5.78 Å². The molecule has 2 aromatic rings. The van der Waals surface area contributed by atoms with E-state index in [4.69, 9.17) is 4.74 Å². The fourth-order valence-corrected chi connectivity index (χ4v) is 3.49. The second kappa shape index (κ2) is 9.41. The van der Waals surface area contributed by atoms with Gasteiger partial charge in [0.05, 0.1) is 5.92 Å². The number of benzene rings is 2. The first-order valence-electron chi connectivity index (χ1n) is 9.62. The molecule has 1 aliphatic heterocycles. The molecule has 3 rings (SSSR count). The van der Waals surface area contributed by atoms with Gasteiger partial charge >= 0.3 is 6.18 Å². The number of piperidine rings is 1. The van der Waals surface area contributed by atoms with Crippen molar-refractivity contribution in [2.24, 2.45) is 5.92 Å². The number of ketones is 1. The van der Waals surface area contributed by atoms with E-state index in [1.165, 1.54) is 0 Å². The van der Waals surface area contributed by atoms with Gasteiger partial charge in [0, 0.05) is 24.2 Å². The maximum Gasteiger partial charge on any atom is 0.393 e. The topological polar surface area (TPSA) is 49.8 Å². The van der Waals surface area contributed by atoms with Crippen LogP contribution in [-0.2, 0) is 0 Å². The first-order chi connectivity index (χ1) is 13.8. The molecule has 0 amide bonds. The van der Waals surface area contributed by atoms with Crippen molar-refractivity contribution in [3.63, 3.8) is 0 Å². The zero-order chi connectivity index (χ0) is 20.9. The summed E-state index contributed by atoms with van der Waals surface area (Å²) in [6.45, 7) is 0.563. The molecule has 1 aliphatic rings. The van der Waals surface area contributed by atoms with Gasteiger partial charge in [-0.15, -0.1) is 0 Å². The summed E-state index contributed by atoms with van der Waals surface area (Å²) in [5.74, 6) is -0.943. The summed E-state index contributed by atoms with van der Waals surface area (Å²) in [5, 5.41) is 10.1. The zero-order valence-corrected chi connectivity index (χ0v) is 15.9. The maximum absolute atomic E-state index is 12.9. The van der Waals surface area contributed by atoms with Crippen LogP contribution >= 0.6 is 0 Å². The first kappa shape index (κ1) is 21.3. The molecule has 0 aromatic heterocycles. The van der Waals surface area contributed by atoms with E-state index in [-0.39, 0.29) is 31.9 Å². The smallest absolute Gasteiger partial charge is 0.393 e. The number of aliphatic hydroxyl groups is 1. The van der Waals surface area contributed by atoms with E-state index in [9.17, 15) is 23.1 Å². The minimum Gasteiger partial charge on any atom is -0.491 e. The van der Waals surface area contributed by atoms with Crippen LogP contribution in [0.1, 0.15) is 28.8 Å². The fourth-order valence-electron chi connectivity index (χ4n) is 3.49. The number of likely N-dealkylation sites (tertiary alicyclic amines) is 1. The number of halogens is 3. The minimum absolute atomic E-state index is 0.0286. The van der Waals surface area contributed by atoms with Gasteiger partial charge in [0.2, 0.25) is 0 Å². The Morgan fingerprint density at radius 3 is 2.41 bits per heavy atom. The van der Waals surface area contributed by atoms with Gasteiger partial charge in [0.25, 0.3) is 0 Å². The summed E-state index contributed by atoms with van der Waals surface area (Å²) >= 11 is 0. The molecule has 2 atom stereocenters. The third kappa shape index (κ3) is 6.05. The first-order valence-corrected chi connectivity index (χ1v) is 9.62. The van der Waals surface area contributed by atoms with Crippen LogP contribution in [0, 0.1) is 5.92 Å². The predicted octanol–water partition coefficient (Wildman–Crippen LogP) is 3.93. The van der Waals surface area contributed by atoms with Gasteiger partial charge in [-0.05, 0) is 43.7 Å². The van der Waals surface area contributed by atoms with E-state index < -0.39 is 18.2 Å². The minimum atomic E-state index is -4.20. The van der Waals surface area contributed by atoms with Gasteiger partial charge in [-0.1, -0.05) is 30.3 Å². The molecule has 1 heterocycles. The Bertz CT molecular complexity index is 793. The Hall–Kier alpha value is -2.38. The standard InChI is InChI=1S/C22H24F3NO3/c23-22(24,25)18-7-4-12-26(13-18)14-19(27)15-29-20-10-8-17(9-11-20)21(28)16-5-2-1-3-6-16/h1-3,5-6,8-11,18-19,27H,4,7,12-15H2. The second-order valence-electron chi connectivity index (χ2n) is 7.32. The van der Waals surface area contributed by atoms with E-state index in [1.54, 1.807) is 53.4 Å². The lowest BCUT2D eigenvalue weighted by Crippen LogP contribution is -2.45. The van der Waals surface area contributed by atoms with Gasteiger partial charge in [0.15, 0.2) is 5.78 Å². The largest absolute Gasteiger partial charge is 0.491 e. The van der Waals surface area contributed by atoms with Crippen LogP contribution in [0.25, 0.3) is 0 Å². The van der Waals surface area contributed by atoms with Crippen LogP contribution in [-0.4, -0.2) is 54.3 Å². The maximum atomic E-state index is 12.9. The average Bonchev–Trinajstić information content (AvgIpc) is 2.72. The average molecular weight is 407 g/mol. The molecule has 1 saturated heterocycles. The summed E-state index contributed by atoms with van der Waals surface area (Å²) in [7, 11) is 0. The van der Waals surface area contributed by atoms with Crippen molar-refractivity contribution in [2.45, 2.75) is 25.1 Å². The summed E-state index contributed by atoms with van der Waals surface area (Å²) in [4.78, 5) is 14.0. The van der Waals surface area contributed by atoms with Gasteiger partial charge in [-0.3, -0.25) is 4.79 Å². The molecular weight excluding hydrogens is 383 g/mol. The molecule has 7 heteroatoms. The molecule has 1 fully saturated rings. The van der Waals surface area contributed by atoms with E-state index >= 15 is 0 Å². The van der Waals surface area contributed by atoms with Crippen molar-refractivity contribution in [1.29, 1.82) is 0 Å². The van der Waals surface area contributed by atoms with Crippen LogP contribution in [0.2, 0.25) is 0 Å². The molecule has 0 radical (unpaired) electrons. The number of carbonyl (C=O) groups is 1. The summed E-state index contributed by atoms with van der Waals surface area (Å²) < 4.78 is 44.2. The lowest BCUT2D eigenvalue weighted by Gasteiger charge is -2.34. The molecular formula is C22H24F3NO3. The number of hydrogen-bond acceptors (Lipinski definition) is 4. The van der Waals surface area contributed by atoms with Crippen molar-refractivity contribution < 1.29 is 27.8 Å². The summed E-state index contributed by atoms with van der Waals surface area (Å²) in [6.07, 6.45) is -4.48. The van der Waals surface area contributed by atoms with Crippen molar-refractivity contribution in [1.82, 2.24) is 4.90 Å². The second-order valence-corrected chi connectivity index (χ2v) is 7.32. The van der Waals surface area contributed by atoms with Crippen molar-refractivity contribution in [3.05, 3.63) is 65.7 Å². The third-order valence-electron chi connectivity index (χ3n) is 5.03. The van der Waals surface area contributed by atoms with E-state index in [0.717, 1.165) is 0 Å². The van der Waals surface area contributed by atoms with Gasteiger partial charge < -0.3 is 14.7 Å². The Kier molecular flexibility index (Phi) is 6.92. The molecule has 2 aromatic carbocycles. The number of aliphatic hydroxyl groups excluding tert-OH is 1. The van der Waals surface area contributed by atoms with Crippen LogP contribution in [0.3, 0.4) is 0 Å². The molecule has 2 unspecified atom stereocenters. The van der Waals surface area contributed by atoms with Crippen molar-refractivity contribution in [3.8, 4) is 5.75 Å².